The van der Waals surface area contributed by atoms with Gasteiger partial charge in [-0.3, -0.25) is 4.79 Å². The average molecular weight is 343 g/mol. The molecule has 7 nitrogen and oxygen atoms in total. The summed E-state index contributed by atoms with van der Waals surface area (Å²) in [6, 6.07) is 2.44. The minimum Gasteiger partial charge on any atom is -0.466 e. The molecule has 0 spiro atoms. The van der Waals surface area contributed by atoms with Gasteiger partial charge in [0.25, 0.3) is 5.91 Å². The number of primary amides is 1. The Hall–Kier alpha value is -2.41. The first-order valence-electron chi connectivity index (χ1n) is 8.54. The number of rotatable bonds is 5. The average Bonchev–Trinajstić information content (AvgIpc) is 3.14. The van der Waals surface area contributed by atoms with E-state index < -0.39 is 5.91 Å². The van der Waals surface area contributed by atoms with Crippen molar-refractivity contribution in [3.05, 3.63) is 40.2 Å². The lowest BCUT2D eigenvalue weighted by molar-refractivity contribution is 0.0990. The van der Waals surface area contributed by atoms with Crippen molar-refractivity contribution < 1.29 is 9.21 Å². The van der Waals surface area contributed by atoms with Crippen molar-refractivity contribution in [2.24, 2.45) is 5.73 Å². The van der Waals surface area contributed by atoms with E-state index in [1.165, 1.54) is 5.56 Å². The summed E-state index contributed by atoms with van der Waals surface area (Å²) in [5, 5.41) is 3.59. The molecule has 134 valence electrons. The quantitative estimate of drug-likeness (QED) is 0.859. The van der Waals surface area contributed by atoms with Gasteiger partial charge in [0.1, 0.15) is 17.3 Å². The van der Waals surface area contributed by atoms with Gasteiger partial charge in [0.15, 0.2) is 0 Å². The van der Waals surface area contributed by atoms with Gasteiger partial charge in [0.2, 0.25) is 5.82 Å². The first kappa shape index (κ1) is 17.4. The van der Waals surface area contributed by atoms with Gasteiger partial charge in [-0.1, -0.05) is 0 Å². The minimum atomic E-state index is -0.593. The highest BCUT2D eigenvalue weighted by Crippen LogP contribution is 2.24. The van der Waals surface area contributed by atoms with Crippen LogP contribution in [0.5, 0.6) is 0 Å². The lowest BCUT2D eigenvalue weighted by Crippen LogP contribution is -2.33. The number of hydrogen-bond donors (Lipinski definition) is 2. The molecule has 0 aliphatic carbocycles. The second-order valence-corrected chi connectivity index (χ2v) is 6.70. The summed E-state index contributed by atoms with van der Waals surface area (Å²) in [6.07, 6.45) is 1.02. The zero-order chi connectivity index (χ0) is 18.1. The van der Waals surface area contributed by atoms with Crippen molar-refractivity contribution >= 4 is 11.7 Å². The third-order valence-corrected chi connectivity index (χ3v) is 4.80. The van der Waals surface area contributed by atoms with E-state index in [9.17, 15) is 4.79 Å². The molecule has 1 amide bonds. The molecule has 25 heavy (non-hydrogen) atoms. The Morgan fingerprint density at radius 2 is 2.12 bits per heavy atom. The summed E-state index contributed by atoms with van der Waals surface area (Å²) < 4.78 is 5.57. The molecule has 1 fully saturated rings. The van der Waals surface area contributed by atoms with E-state index in [4.69, 9.17) is 10.2 Å². The zero-order valence-electron chi connectivity index (χ0n) is 15.2. The maximum absolute atomic E-state index is 11.4. The van der Waals surface area contributed by atoms with Crippen molar-refractivity contribution in [3.63, 3.8) is 0 Å². The van der Waals surface area contributed by atoms with Crippen LogP contribution in [0.1, 0.15) is 45.4 Å². The number of carbonyl (C=O) groups is 1. The number of nitrogens with zero attached hydrogens (tertiary/aromatic N) is 3. The van der Waals surface area contributed by atoms with Crippen molar-refractivity contribution in [2.45, 2.75) is 46.7 Å². The summed E-state index contributed by atoms with van der Waals surface area (Å²) in [7, 11) is 0. The van der Waals surface area contributed by atoms with Crippen LogP contribution in [0.4, 0.5) is 5.82 Å². The molecule has 0 radical (unpaired) electrons. The third-order valence-electron chi connectivity index (χ3n) is 4.80. The van der Waals surface area contributed by atoms with Crippen LogP contribution >= 0.6 is 0 Å². The number of hydrogen-bond acceptors (Lipinski definition) is 6. The Labute approximate surface area is 147 Å². The first-order chi connectivity index (χ1) is 11.8. The lowest BCUT2D eigenvalue weighted by atomic mass is 10.2. The van der Waals surface area contributed by atoms with Crippen LogP contribution in [0.3, 0.4) is 0 Å². The Morgan fingerprint density at radius 1 is 1.36 bits per heavy atom. The highest BCUT2D eigenvalue weighted by molar-refractivity contribution is 5.89. The van der Waals surface area contributed by atoms with Crippen molar-refractivity contribution in [1.29, 1.82) is 0 Å². The molecule has 2 aromatic heterocycles. The molecule has 0 unspecified atom stereocenters. The van der Waals surface area contributed by atoms with Crippen LogP contribution in [0, 0.1) is 27.7 Å². The van der Waals surface area contributed by atoms with Gasteiger partial charge >= 0.3 is 0 Å². The van der Waals surface area contributed by atoms with Gasteiger partial charge in [-0.05, 0) is 40.2 Å². The van der Waals surface area contributed by atoms with Gasteiger partial charge < -0.3 is 20.4 Å². The molecule has 7 heteroatoms. The van der Waals surface area contributed by atoms with Gasteiger partial charge in [-0.2, -0.15) is 0 Å². The van der Waals surface area contributed by atoms with Gasteiger partial charge in [0, 0.05) is 42.5 Å². The van der Waals surface area contributed by atoms with Crippen LogP contribution < -0.4 is 16.0 Å². The summed E-state index contributed by atoms with van der Waals surface area (Å²) in [4.78, 5) is 22.2. The largest absolute Gasteiger partial charge is 0.466 e. The number of carbonyl (C=O) groups excluding carboxylic acids is 1. The highest BCUT2D eigenvalue weighted by Gasteiger charge is 2.26. The standard InChI is InChI=1S/C18H25N5O2/c1-10-7-14(13(4)25-10)8-20-15-5-6-23(9-15)18-11(2)12(3)21-17(22-18)16(19)24/h7,15,20H,5-6,8-9H2,1-4H3,(H2,19,24)/t15-/m1/s1. The predicted molar refractivity (Wildman–Crippen MR) is 95.7 cm³/mol. The van der Waals surface area contributed by atoms with Crippen LogP contribution in [-0.2, 0) is 6.54 Å². The second-order valence-electron chi connectivity index (χ2n) is 6.70. The fraction of sp³-hybridized carbons (Fsp3) is 0.500. The Kier molecular flexibility index (Phi) is 4.76. The lowest BCUT2D eigenvalue weighted by Gasteiger charge is -2.21. The van der Waals surface area contributed by atoms with Crippen LogP contribution in [0.2, 0.25) is 0 Å². The molecule has 3 heterocycles. The van der Waals surface area contributed by atoms with Crippen molar-refractivity contribution in [2.75, 3.05) is 18.0 Å². The van der Waals surface area contributed by atoms with E-state index in [1.54, 1.807) is 0 Å². The molecule has 1 aliphatic rings. The molecule has 3 N–H and O–H groups in total. The maximum atomic E-state index is 11.4. The third kappa shape index (κ3) is 3.66. The molecule has 1 saturated heterocycles. The molecule has 2 aromatic rings. The topological polar surface area (TPSA) is 97.3 Å². The van der Waals surface area contributed by atoms with Crippen LogP contribution in [0.25, 0.3) is 0 Å². The van der Waals surface area contributed by atoms with E-state index in [1.807, 2.05) is 27.7 Å². The van der Waals surface area contributed by atoms with E-state index >= 15 is 0 Å². The Bertz CT molecular complexity index is 799. The number of anilines is 1. The highest BCUT2D eigenvalue weighted by atomic mass is 16.3. The van der Waals surface area contributed by atoms with Gasteiger partial charge in [0.05, 0.1) is 0 Å². The summed E-state index contributed by atoms with van der Waals surface area (Å²) in [5.74, 6) is 2.20. The monoisotopic (exact) mass is 343 g/mol. The Morgan fingerprint density at radius 3 is 2.76 bits per heavy atom. The number of amides is 1. The summed E-state index contributed by atoms with van der Waals surface area (Å²) in [6.45, 7) is 10.3. The Balaban J connectivity index is 1.68. The molecular weight excluding hydrogens is 318 g/mol. The van der Waals surface area contributed by atoms with Crippen LogP contribution in [-0.4, -0.2) is 35.0 Å². The SMILES string of the molecule is Cc1cc(CN[C@@H]2CCN(c3nc(C(N)=O)nc(C)c3C)C2)c(C)o1. The first-order valence-corrected chi connectivity index (χ1v) is 8.54. The molecule has 1 atom stereocenters. The van der Waals surface area contributed by atoms with Crippen molar-refractivity contribution in [3.8, 4) is 0 Å². The molecule has 0 bridgehead atoms. The smallest absolute Gasteiger partial charge is 0.286 e. The number of aromatic nitrogens is 2. The van der Waals surface area contributed by atoms with Gasteiger partial charge in [-0.25, -0.2) is 9.97 Å². The van der Waals surface area contributed by atoms with E-state index in [0.29, 0.717) is 6.04 Å². The van der Waals surface area contributed by atoms with E-state index in [0.717, 1.165) is 54.7 Å². The summed E-state index contributed by atoms with van der Waals surface area (Å²) in [5.41, 5.74) is 8.33. The predicted octanol–water partition coefficient (Wildman–Crippen LogP) is 1.77. The number of aryl methyl sites for hydroxylation is 3. The normalized spacial score (nSPS) is 17.3. The fourth-order valence-electron chi connectivity index (χ4n) is 3.26. The fourth-order valence-corrected chi connectivity index (χ4v) is 3.26. The zero-order valence-corrected chi connectivity index (χ0v) is 15.2. The van der Waals surface area contributed by atoms with Crippen molar-refractivity contribution in [1.82, 2.24) is 15.3 Å². The van der Waals surface area contributed by atoms with Crippen LogP contribution in [0.15, 0.2) is 10.5 Å². The maximum Gasteiger partial charge on any atom is 0.286 e. The second kappa shape index (κ2) is 6.84. The molecule has 0 aromatic carbocycles. The number of nitrogens with two attached hydrogens (primary N) is 1. The van der Waals surface area contributed by atoms with Gasteiger partial charge in [-0.15, -0.1) is 0 Å². The van der Waals surface area contributed by atoms with E-state index in [2.05, 4.69) is 26.3 Å². The molecular formula is C18H25N5O2. The molecule has 1 aliphatic heterocycles. The number of furan rings is 1. The van der Waals surface area contributed by atoms with E-state index in [-0.39, 0.29) is 5.82 Å². The minimum absolute atomic E-state index is 0.0824. The number of nitrogens with one attached hydrogen (secondary N) is 1. The molecule has 0 saturated carbocycles. The summed E-state index contributed by atoms with van der Waals surface area (Å²) >= 11 is 0. The molecule has 3 rings (SSSR count).